The molecule has 1 atom stereocenters. The molecule has 0 aliphatic carbocycles. The number of aliphatic hydroxyl groups excluding tert-OH is 1. The smallest absolute Gasteiger partial charge is 0.295 e. The molecule has 6 heteroatoms. The monoisotopic (exact) mass is 451 g/mol. The molecule has 3 rings (SSSR count). The molecule has 0 saturated carbocycles. The van der Waals surface area contributed by atoms with Gasteiger partial charge in [-0.25, -0.2) is 0 Å². The summed E-state index contributed by atoms with van der Waals surface area (Å²) in [5.41, 5.74) is 2.23. The fraction of sp³-hybridized carbons (Fsp3) is 0.407. The van der Waals surface area contributed by atoms with E-state index in [1.54, 1.807) is 24.1 Å². The molecule has 0 spiro atoms. The largest absolute Gasteiger partial charge is 0.507 e. The van der Waals surface area contributed by atoms with Gasteiger partial charge in [0.25, 0.3) is 11.7 Å². The fourth-order valence-electron chi connectivity index (χ4n) is 4.22. The van der Waals surface area contributed by atoms with Crippen molar-refractivity contribution in [2.45, 2.75) is 52.5 Å². The van der Waals surface area contributed by atoms with E-state index in [0.717, 1.165) is 24.0 Å². The number of Topliss-reactive ketones (excluding diaryl/α,β-unsaturated/α-hetero) is 1. The van der Waals surface area contributed by atoms with Crippen molar-refractivity contribution in [3.8, 4) is 11.5 Å². The molecule has 1 aliphatic rings. The minimum absolute atomic E-state index is 0.102. The van der Waals surface area contributed by atoms with Crippen molar-refractivity contribution >= 4 is 17.4 Å². The van der Waals surface area contributed by atoms with Crippen molar-refractivity contribution in [2.24, 2.45) is 0 Å². The zero-order valence-corrected chi connectivity index (χ0v) is 20.1. The van der Waals surface area contributed by atoms with Gasteiger partial charge in [0.05, 0.1) is 25.3 Å². The van der Waals surface area contributed by atoms with Crippen molar-refractivity contribution in [2.75, 3.05) is 20.3 Å². The van der Waals surface area contributed by atoms with E-state index in [9.17, 15) is 14.7 Å². The molecule has 1 saturated heterocycles. The fourth-order valence-corrected chi connectivity index (χ4v) is 4.22. The number of ketones is 1. The summed E-state index contributed by atoms with van der Waals surface area (Å²) < 4.78 is 11.1. The molecule has 1 aliphatic heterocycles. The van der Waals surface area contributed by atoms with Crippen molar-refractivity contribution in [1.29, 1.82) is 0 Å². The van der Waals surface area contributed by atoms with Gasteiger partial charge in [0.1, 0.15) is 17.3 Å². The van der Waals surface area contributed by atoms with Gasteiger partial charge in [0.15, 0.2) is 0 Å². The lowest BCUT2D eigenvalue weighted by Gasteiger charge is -2.25. The maximum absolute atomic E-state index is 13.2. The Labute approximate surface area is 195 Å². The number of carbonyl (C=O) groups is 2. The van der Waals surface area contributed by atoms with E-state index in [4.69, 9.17) is 9.47 Å². The van der Waals surface area contributed by atoms with Gasteiger partial charge in [-0.15, -0.1) is 0 Å². The Balaban J connectivity index is 2.19. The van der Waals surface area contributed by atoms with Crippen LogP contribution in [-0.2, 0) is 9.59 Å². The molecule has 176 valence electrons. The first kappa shape index (κ1) is 24.4. The quantitative estimate of drug-likeness (QED) is 0.312. The Morgan fingerprint density at radius 1 is 1.12 bits per heavy atom. The second-order valence-electron chi connectivity index (χ2n) is 8.46. The van der Waals surface area contributed by atoms with Crippen LogP contribution in [0.1, 0.15) is 69.2 Å². The SMILES string of the molecule is CCCCN1C(=O)C(=O)/C(=C(/O)c2ccc(OC)c(C(C)C)c2)C1c1cccc(OCC)c1. The van der Waals surface area contributed by atoms with E-state index >= 15 is 0 Å². The second kappa shape index (κ2) is 10.6. The number of likely N-dealkylation sites (tertiary alicyclic amines) is 1. The maximum atomic E-state index is 13.2. The van der Waals surface area contributed by atoms with Crippen molar-refractivity contribution in [1.82, 2.24) is 4.90 Å². The van der Waals surface area contributed by atoms with Gasteiger partial charge in [0.2, 0.25) is 0 Å². The zero-order chi connectivity index (χ0) is 24.1. The number of amides is 1. The van der Waals surface area contributed by atoms with E-state index in [0.29, 0.717) is 30.2 Å². The van der Waals surface area contributed by atoms with Gasteiger partial charge in [-0.05, 0) is 60.7 Å². The van der Waals surface area contributed by atoms with Gasteiger partial charge in [0, 0.05) is 12.1 Å². The Morgan fingerprint density at radius 3 is 2.52 bits per heavy atom. The van der Waals surface area contributed by atoms with Crippen LogP contribution in [0.3, 0.4) is 0 Å². The lowest BCUT2D eigenvalue weighted by atomic mass is 9.93. The van der Waals surface area contributed by atoms with E-state index in [2.05, 4.69) is 0 Å². The zero-order valence-electron chi connectivity index (χ0n) is 20.1. The third-order valence-electron chi connectivity index (χ3n) is 5.90. The number of carbonyl (C=O) groups excluding carboxylic acids is 2. The summed E-state index contributed by atoms with van der Waals surface area (Å²) >= 11 is 0. The Kier molecular flexibility index (Phi) is 7.79. The number of rotatable bonds is 9. The van der Waals surface area contributed by atoms with Crippen LogP contribution in [0.2, 0.25) is 0 Å². The maximum Gasteiger partial charge on any atom is 0.295 e. The third kappa shape index (κ3) is 4.90. The Bertz CT molecular complexity index is 1060. The van der Waals surface area contributed by atoms with E-state index < -0.39 is 17.7 Å². The Hall–Kier alpha value is -3.28. The molecule has 33 heavy (non-hydrogen) atoms. The molecule has 2 aromatic rings. The summed E-state index contributed by atoms with van der Waals surface area (Å²) in [4.78, 5) is 27.7. The molecule has 0 aromatic heterocycles. The van der Waals surface area contributed by atoms with Gasteiger partial charge < -0.3 is 19.5 Å². The van der Waals surface area contributed by atoms with Crippen LogP contribution in [0.25, 0.3) is 5.76 Å². The number of methoxy groups -OCH3 is 1. The van der Waals surface area contributed by atoms with Crippen LogP contribution >= 0.6 is 0 Å². The lowest BCUT2D eigenvalue weighted by molar-refractivity contribution is -0.139. The molecule has 0 bridgehead atoms. The highest BCUT2D eigenvalue weighted by Crippen LogP contribution is 2.41. The van der Waals surface area contributed by atoms with Gasteiger partial charge in [-0.3, -0.25) is 9.59 Å². The third-order valence-corrected chi connectivity index (χ3v) is 5.90. The Morgan fingerprint density at radius 2 is 1.88 bits per heavy atom. The highest BCUT2D eigenvalue weighted by molar-refractivity contribution is 6.46. The van der Waals surface area contributed by atoms with E-state index in [1.807, 2.05) is 58.0 Å². The number of nitrogens with zero attached hydrogens (tertiary/aromatic N) is 1. The summed E-state index contributed by atoms with van der Waals surface area (Å²) in [7, 11) is 1.60. The molecule has 6 nitrogen and oxygen atoms in total. The average Bonchev–Trinajstić information content (AvgIpc) is 3.07. The molecule has 2 aromatic carbocycles. The number of ether oxygens (including phenoxy) is 2. The predicted octanol–water partition coefficient (Wildman–Crippen LogP) is 5.44. The van der Waals surface area contributed by atoms with Crippen LogP contribution in [0.15, 0.2) is 48.0 Å². The molecule has 1 amide bonds. The number of unbranched alkanes of at least 4 members (excludes halogenated alkanes) is 1. The molecule has 1 fully saturated rings. The molecule has 0 radical (unpaired) electrons. The molecule has 1 N–H and O–H groups in total. The highest BCUT2D eigenvalue weighted by atomic mass is 16.5. The number of aliphatic hydroxyl groups is 1. The summed E-state index contributed by atoms with van der Waals surface area (Å²) in [5.74, 6) is 0.0855. The van der Waals surface area contributed by atoms with Crippen molar-refractivity contribution in [3.63, 3.8) is 0 Å². The van der Waals surface area contributed by atoms with E-state index in [-0.39, 0.29) is 17.3 Å². The molecule has 1 heterocycles. The normalized spacial score (nSPS) is 17.6. The van der Waals surface area contributed by atoms with Crippen LogP contribution < -0.4 is 9.47 Å². The van der Waals surface area contributed by atoms with Crippen LogP contribution in [0.4, 0.5) is 0 Å². The minimum atomic E-state index is -0.679. The topological polar surface area (TPSA) is 76.1 Å². The van der Waals surface area contributed by atoms with Gasteiger partial charge >= 0.3 is 0 Å². The lowest BCUT2D eigenvalue weighted by Crippen LogP contribution is -2.30. The standard InChI is InChI=1S/C27H33NO5/c1-6-8-14-28-24(18-10-9-11-20(15-18)33-7-2)23(26(30)27(28)31)25(29)19-12-13-22(32-5)21(16-19)17(3)4/h9-13,15-17,24,29H,6-8,14H2,1-5H3/b25-23+. The number of hydrogen-bond donors (Lipinski definition) is 1. The van der Waals surface area contributed by atoms with Gasteiger partial charge in [-0.2, -0.15) is 0 Å². The van der Waals surface area contributed by atoms with Crippen molar-refractivity contribution < 1.29 is 24.2 Å². The minimum Gasteiger partial charge on any atom is -0.507 e. The van der Waals surface area contributed by atoms with Gasteiger partial charge in [-0.1, -0.05) is 39.3 Å². The van der Waals surface area contributed by atoms with Crippen LogP contribution in [0, 0.1) is 0 Å². The van der Waals surface area contributed by atoms with Crippen molar-refractivity contribution in [3.05, 3.63) is 64.7 Å². The van der Waals surface area contributed by atoms with Crippen LogP contribution in [0.5, 0.6) is 11.5 Å². The molecule has 1 unspecified atom stereocenters. The molecular weight excluding hydrogens is 418 g/mol. The number of hydrogen-bond acceptors (Lipinski definition) is 5. The summed E-state index contributed by atoms with van der Waals surface area (Å²) in [6, 6.07) is 12.0. The second-order valence-corrected chi connectivity index (χ2v) is 8.46. The first-order valence-electron chi connectivity index (χ1n) is 11.5. The molecular formula is C27H33NO5. The summed E-state index contributed by atoms with van der Waals surface area (Å²) in [6.45, 7) is 8.93. The van der Waals surface area contributed by atoms with E-state index in [1.165, 1.54) is 0 Å². The predicted molar refractivity (Wildman–Crippen MR) is 129 cm³/mol. The average molecular weight is 452 g/mol. The summed E-state index contributed by atoms with van der Waals surface area (Å²) in [5, 5.41) is 11.3. The number of benzene rings is 2. The first-order valence-corrected chi connectivity index (χ1v) is 11.5. The summed E-state index contributed by atoms with van der Waals surface area (Å²) in [6.07, 6.45) is 1.64. The first-order chi connectivity index (χ1) is 15.8. The van der Waals surface area contributed by atoms with Crippen LogP contribution in [-0.4, -0.2) is 42.0 Å². The highest BCUT2D eigenvalue weighted by Gasteiger charge is 2.45.